The van der Waals surface area contributed by atoms with Crippen LogP contribution in [0.4, 0.5) is 11.5 Å². The number of halogens is 1. The summed E-state index contributed by atoms with van der Waals surface area (Å²) in [6.45, 7) is 4.21. The van der Waals surface area contributed by atoms with Gasteiger partial charge >= 0.3 is 0 Å². The highest BCUT2D eigenvalue weighted by Crippen LogP contribution is 2.29. The first-order valence-corrected chi connectivity index (χ1v) is 7.72. The van der Waals surface area contributed by atoms with Crippen LogP contribution in [0.5, 0.6) is 0 Å². The van der Waals surface area contributed by atoms with Gasteiger partial charge in [-0.1, -0.05) is 38.1 Å². The number of aromatic nitrogens is 2. The standard InChI is InChI=1S/C17H16BrN3/c1-11(2)16-19-14-9-5-3-7-12(14)17(21-16)20-15-10-6-4-8-13(15)18/h3-11H,1-2H3,(H,19,20,21). The zero-order valence-electron chi connectivity index (χ0n) is 12.0. The van der Waals surface area contributed by atoms with Gasteiger partial charge < -0.3 is 5.32 Å². The molecule has 4 heteroatoms. The van der Waals surface area contributed by atoms with Crippen LogP contribution in [0.1, 0.15) is 25.6 Å². The van der Waals surface area contributed by atoms with E-state index in [1.165, 1.54) is 0 Å². The van der Waals surface area contributed by atoms with Crippen LogP contribution in [0.25, 0.3) is 10.9 Å². The molecule has 1 aromatic heterocycles. The van der Waals surface area contributed by atoms with Crippen molar-refractivity contribution in [3.63, 3.8) is 0 Å². The van der Waals surface area contributed by atoms with E-state index in [9.17, 15) is 0 Å². The van der Waals surface area contributed by atoms with Gasteiger partial charge in [-0.25, -0.2) is 9.97 Å². The number of hydrogen-bond donors (Lipinski definition) is 1. The van der Waals surface area contributed by atoms with Gasteiger partial charge in [0.15, 0.2) is 0 Å². The average molecular weight is 342 g/mol. The number of rotatable bonds is 3. The Morgan fingerprint density at radius 3 is 2.43 bits per heavy atom. The lowest BCUT2D eigenvalue weighted by Crippen LogP contribution is -2.03. The fourth-order valence-corrected chi connectivity index (χ4v) is 2.52. The predicted octanol–water partition coefficient (Wildman–Crippen LogP) is 5.26. The fourth-order valence-electron chi connectivity index (χ4n) is 2.14. The summed E-state index contributed by atoms with van der Waals surface area (Å²) in [5.41, 5.74) is 1.96. The largest absolute Gasteiger partial charge is 0.339 e. The molecule has 3 nitrogen and oxygen atoms in total. The maximum atomic E-state index is 4.69. The van der Waals surface area contributed by atoms with Crippen LogP contribution in [0.2, 0.25) is 0 Å². The topological polar surface area (TPSA) is 37.8 Å². The molecule has 0 spiro atoms. The zero-order chi connectivity index (χ0) is 14.8. The smallest absolute Gasteiger partial charge is 0.142 e. The van der Waals surface area contributed by atoms with E-state index in [-0.39, 0.29) is 5.92 Å². The molecule has 106 valence electrons. The average Bonchev–Trinajstić information content (AvgIpc) is 2.49. The zero-order valence-corrected chi connectivity index (χ0v) is 13.6. The molecule has 0 fully saturated rings. The van der Waals surface area contributed by atoms with Crippen molar-refractivity contribution in [2.24, 2.45) is 0 Å². The normalized spacial score (nSPS) is 11.0. The van der Waals surface area contributed by atoms with E-state index in [1.54, 1.807) is 0 Å². The third-order valence-corrected chi connectivity index (χ3v) is 3.96. The molecule has 0 amide bonds. The van der Waals surface area contributed by atoms with Crippen molar-refractivity contribution in [2.75, 3.05) is 5.32 Å². The lowest BCUT2D eigenvalue weighted by molar-refractivity contribution is 0.785. The van der Waals surface area contributed by atoms with Crippen LogP contribution in [-0.4, -0.2) is 9.97 Å². The Balaban J connectivity index is 2.14. The Morgan fingerprint density at radius 1 is 0.952 bits per heavy atom. The van der Waals surface area contributed by atoms with Crippen LogP contribution in [0, 0.1) is 0 Å². The molecule has 1 heterocycles. The lowest BCUT2D eigenvalue weighted by atomic mass is 10.1. The Morgan fingerprint density at radius 2 is 1.67 bits per heavy atom. The van der Waals surface area contributed by atoms with E-state index < -0.39 is 0 Å². The summed E-state index contributed by atoms with van der Waals surface area (Å²) in [4.78, 5) is 9.33. The van der Waals surface area contributed by atoms with Gasteiger partial charge in [-0.2, -0.15) is 0 Å². The van der Waals surface area contributed by atoms with E-state index >= 15 is 0 Å². The maximum Gasteiger partial charge on any atom is 0.142 e. The Hall–Kier alpha value is -1.94. The number of anilines is 2. The molecule has 2 aromatic carbocycles. The second kappa shape index (κ2) is 5.82. The van der Waals surface area contributed by atoms with Crippen LogP contribution >= 0.6 is 15.9 Å². The van der Waals surface area contributed by atoms with Crippen molar-refractivity contribution in [3.8, 4) is 0 Å². The summed E-state index contributed by atoms with van der Waals surface area (Å²) in [5, 5.41) is 4.44. The number of benzene rings is 2. The van der Waals surface area contributed by atoms with Crippen molar-refractivity contribution < 1.29 is 0 Å². The van der Waals surface area contributed by atoms with Gasteiger partial charge in [0.2, 0.25) is 0 Å². The maximum absolute atomic E-state index is 4.69. The monoisotopic (exact) mass is 341 g/mol. The molecule has 1 N–H and O–H groups in total. The molecule has 0 bridgehead atoms. The quantitative estimate of drug-likeness (QED) is 0.706. The fraction of sp³-hybridized carbons (Fsp3) is 0.176. The third-order valence-electron chi connectivity index (χ3n) is 3.26. The molecule has 0 aliphatic rings. The first-order valence-electron chi connectivity index (χ1n) is 6.93. The van der Waals surface area contributed by atoms with E-state index in [4.69, 9.17) is 4.98 Å². The first kappa shape index (κ1) is 14.0. The molecule has 0 saturated carbocycles. The highest BCUT2D eigenvalue weighted by atomic mass is 79.9. The summed E-state index contributed by atoms with van der Waals surface area (Å²) in [6.07, 6.45) is 0. The SMILES string of the molecule is CC(C)c1nc(Nc2ccccc2Br)c2ccccc2n1. The van der Waals surface area contributed by atoms with Crippen LogP contribution in [-0.2, 0) is 0 Å². The Labute approximate surface area is 132 Å². The second-order valence-corrected chi connectivity index (χ2v) is 6.06. The molecule has 3 rings (SSSR count). The van der Waals surface area contributed by atoms with Crippen LogP contribution < -0.4 is 5.32 Å². The van der Waals surface area contributed by atoms with E-state index in [2.05, 4.69) is 40.1 Å². The number of hydrogen-bond acceptors (Lipinski definition) is 3. The predicted molar refractivity (Wildman–Crippen MR) is 91.1 cm³/mol. The minimum Gasteiger partial charge on any atom is -0.339 e. The highest BCUT2D eigenvalue weighted by Gasteiger charge is 2.11. The molecule has 0 unspecified atom stereocenters. The second-order valence-electron chi connectivity index (χ2n) is 5.21. The summed E-state index contributed by atoms with van der Waals surface area (Å²) in [7, 11) is 0. The molecule has 0 aliphatic heterocycles. The summed E-state index contributed by atoms with van der Waals surface area (Å²) in [6, 6.07) is 16.1. The van der Waals surface area contributed by atoms with E-state index in [0.717, 1.165) is 32.7 Å². The number of para-hydroxylation sites is 2. The molecule has 0 atom stereocenters. The molecule has 0 radical (unpaired) electrons. The van der Waals surface area contributed by atoms with E-state index in [0.29, 0.717) is 0 Å². The van der Waals surface area contributed by atoms with Crippen molar-refractivity contribution in [2.45, 2.75) is 19.8 Å². The van der Waals surface area contributed by atoms with E-state index in [1.807, 2.05) is 48.5 Å². The summed E-state index contributed by atoms with van der Waals surface area (Å²) >= 11 is 3.56. The first-order chi connectivity index (χ1) is 10.1. The van der Waals surface area contributed by atoms with Gasteiger partial charge in [-0.3, -0.25) is 0 Å². The van der Waals surface area contributed by atoms with Crippen molar-refractivity contribution in [1.29, 1.82) is 0 Å². The molecule has 0 aliphatic carbocycles. The van der Waals surface area contributed by atoms with Crippen molar-refractivity contribution >= 4 is 38.3 Å². The third kappa shape index (κ3) is 2.90. The van der Waals surface area contributed by atoms with Gasteiger partial charge in [0.25, 0.3) is 0 Å². The van der Waals surface area contributed by atoms with Gasteiger partial charge in [0, 0.05) is 15.8 Å². The number of fused-ring (bicyclic) bond motifs is 1. The molecular formula is C17H16BrN3. The minimum atomic E-state index is 0.286. The molecule has 3 aromatic rings. The van der Waals surface area contributed by atoms with Gasteiger partial charge in [-0.05, 0) is 40.2 Å². The number of nitrogens with one attached hydrogen (secondary N) is 1. The molecular weight excluding hydrogens is 326 g/mol. The minimum absolute atomic E-state index is 0.286. The number of nitrogens with zero attached hydrogens (tertiary/aromatic N) is 2. The van der Waals surface area contributed by atoms with Crippen molar-refractivity contribution in [1.82, 2.24) is 9.97 Å². The Kier molecular flexibility index (Phi) is 3.88. The molecule has 21 heavy (non-hydrogen) atoms. The van der Waals surface area contributed by atoms with Crippen LogP contribution in [0.15, 0.2) is 53.0 Å². The Bertz CT molecular complexity index is 784. The van der Waals surface area contributed by atoms with Gasteiger partial charge in [0.1, 0.15) is 11.6 Å². The molecule has 0 saturated heterocycles. The summed E-state index contributed by atoms with van der Waals surface area (Å²) in [5.74, 6) is 1.98. The van der Waals surface area contributed by atoms with Gasteiger partial charge in [0.05, 0.1) is 11.2 Å². The summed E-state index contributed by atoms with van der Waals surface area (Å²) < 4.78 is 1.01. The highest BCUT2D eigenvalue weighted by molar-refractivity contribution is 9.10. The lowest BCUT2D eigenvalue weighted by Gasteiger charge is -2.13. The van der Waals surface area contributed by atoms with Gasteiger partial charge in [-0.15, -0.1) is 0 Å². The van der Waals surface area contributed by atoms with Crippen LogP contribution in [0.3, 0.4) is 0 Å². The van der Waals surface area contributed by atoms with Crippen molar-refractivity contribution in [3.05, 3.63) is 58.8 Å².